The van der Waals surface area contributed by atoms with E-state index in [1.54, 1.807) is 18.2 Å². The lowest BCUT2D eigenvalue weighted by Gasteiger charge is -2.12. The molecule has 0 saturated heterocycles. The largest absolute Gasteiger partial charge is 0.504 e. The summed E-state index contributed by atoms with van der Waals surface area (Å²) in [6, 6.07) is 5.03. The number of carbonyl (C=O) groups is 1. The van der Waals surface area contributed by atoms with Crippen LogP contribution in [0.3, 0.4) is 0 Å². The Morgan fingerprint density at radius 1 is 1.56 bits per heavy atom. The maximum absolute atomic E-state index is 10.4. The molecule has 1 aromatic rings. The molecule has 16 heavy (non-hydrogen) atoms. The van der Waals surface area contributed by atoms with E-state index in [1.807, 2.05) is 6.92 Å². The highest BCUT2D eigenvalue weighted by atomic mass is 32.2. The van der Waals surface area contributed by atoms with Gasteiger partial charge in [-0.25, -0.2) is 0 Å². The number of rotatable bonds is 5. The van der Waals surface area contributed by atoms with Crippen molar-refractivity contribution in [2.75, 3.05) is 12.9 Å². The van der Waals surface area contributed by atoms with Gasteiger partial charge in [0.05, 0.1) is 12.9 Å². The van der Waals surface area contributed by atoms with E-state index in [0.29, 0.717) is 5.75 Å². The molecule has 1 atom stereocenters. The molecule has 0 heterocycles. The van der Waals surface area contributed by atoms with Gasteiger partial charge >= 0.3 is 5.97 Å². The molecule has 4 nitrogen and oxygen atoms in total. The molecule has 2 N–H and O–H groups in total. The number of phenolic OH excluding ortho intramolecular Hbond substituents is 1. The Kier molecular flexibility index (Phi) is 4.49. The van der Waals surface area contributed by atoms with Gasteiger partial charge in [-0.2, -0.15) is 0 Å². The Morgan fingerprint density at radius 3 is 2.81 bits per heavy atom. The molecular formula is C11H14O4S. The van der Waals surface area contributed by atoms with E-state index in [1.165, 1.54) is 18.9 Å². The minimum absolute atomic E-state index is 0.0469. The van der Waals surface area contributed by atoms with Crippen molar-refractivity contribution >= 4 is 17.7 Å². The van der Waals surface area contributed by atoms with Crippen molar-refractivity contribution < 1.29 is 19.7 Å². The first-order valence-electron chi connectivity index (χ1n) is 4.75. The van der Waals surface area contributed by atoms with Crippen LogP contribution < -0.4 is 4.74 Å². The van der Waals surface area contributed by atoms with Crippen LogP contribution in [0.4, 0.5) is 0 Å². The van der Waals surface area contributed by atoms with Crippen LogP contribution in [0, 0.1) is 0 Å². The summed E-state index contributed by atoms with van der Waals surface area (Å²) in [7, 11) is 1.48. The normalized spacial score (nSPS) is 12.1. The van der Waals surface area contributed by atoms with Crippen molar-refractivity contribution in [2.24, 2.45) is 0 Å². The number of carboxylic acid groups (broad SMARTS) is 1. The van der Waals surface area contributed by atoms with Gasteiger partial charge in [-0.3, -0.25) is 4.79 Å². The van der Waals surface area contributed by atoms with E-state index >= 15 is 0 Å². The van der Waals surface area contributed by atoms with Gasteiger partial charge in [0.2, 0.25) is 0 Å². The summed E-state index contributed by atoms with van der Waals surface area (Å²) in [6.07, 6.45) is 0. The summed E-state index contributed by atoms with van der Waals surface area (Å²) in [5, 5.41) is 18.0. The molecule has 5 heteroatoms. The lowest BCUT2D eigenvalue weighted by molar-refractivity contribution is -0.133. The van der Waals surface area contributed by atoms with E-state index in [4.69, 9.17) is 9.84 Å². The maximum atomic E-state index is 10.4. The van der Waals surface area contributed by atoms with Crippen molar-refractivity contribution in [1.29, 1.82) is 0 Å². The Morgan fingerprint density at radius 2 is 2.25 bits per heavy atom. The Hall–Kier alpha value is -1.36. The molecule has 0 saturated carbocycles. The van der Waals surface area contributed by atoms with Crippen LogP contribution >= 0.6 is 11.8 Å². The molecule has 0 aliphatic carbocycles. The molecule has 1 rings (SSSR count). The molecule has 88 valence electrons. The zero-order valence-electron chi connectivity index (χ0n) is 9.14. The van der Waals surface area contributed by atoms with Crippen LogP contribution in [0.2, 0.25) is 0 Å². The molecular weight excluding hydrogens is 228 g/mol. The van der Waals surface area contributed by atoms with E-state index < -0.39 is 5.97 Å². The first-order valence-corrected chi connectivity index (χ1v) is 5.79. The van der Waals surface area contributed by atoms with E-state index in [2.05, 4.69) is 0 Å². The van der Waals surface area contributed by atoms with Crippen LogP contribution in [0.5, 0.6) is 11.5 Å². The highest BCUT2D eigenvalue weighted by molar-refractivity contribution is 8.00. The fourth-order valence-corrected chi connectivity index (χ4v) is 1.97. The topological polar surface area (TPSA) is 66.8 Å². The fraction of sp³-hybridized carbons (Fsp3) is 0.364. The van der Waals surface area contributed by atoms with Crippen LogP contribution in [0.25, 0.3) is 0 Å². The van der Waals surface area contributed by atoms with Gasteiger partial charge in [-0.15, -0.1) is 11.8 Å². The van der Waals surface area contributed by atoms with Crippen molar-refractivity contribution in [3.05, 3.63) is 23.8 Å². The van der Waals surface area contributed by atoms with Crippen molar-refractivity contribution in [3.8, 4) is 11.5 Å². The number of aliphatic carboxylic acids is 1. The summed E-state index contributed by atoms with van der Waals surface area (Å²) >= 11 is 1.33. The van der Waals surface area contributed by atoms with Gasteiger partial charge < -0.3 is 14.9 Å². The van der Waals surface area contributed by atoms with Gasteiger partial charge in [-0.05, 0) is 24.6 Å². The van der Waals surface area contributed by atoms with Crippen LogP contribution in [0.15, 0.2) is 18.2 Å². The number of carboxylic acids is 1. The molecule has 0 aliphatic rings. The summed E-state index contributed by atoms with van der Waals surface area (Å²) in [6.45, 7) is 1.92. The zero-order chi connectivity index (χ0) is 12.1. The molecule has 1 aromatic carbocycles. The average molecular weight is 242 g/mol. The van der Waals surface area contributed by atoms with Gasteiger partial charge in [-0.1, -0.05) is 6.07 Å². The van der Waals surface area contributed by atoms with Crippen molar-refractivity contribution in [3.63, 3.8) is 0 Å². The molecule has 0 fully saturated rings. The summed E-state index contributed by atoms with van der Waals surface area (Å²) in [5.74, 6) is -0.283. The summed E-state index contributed by atoms with van der Waals surface area (Å²) in [5.41, 5.74) is 0.931. The van der Waals surface area contributed by atoms with Gasteiger partial charge in [0, 0.05) is 5.25 Å². The number of hydrogen-bond acceptors (Lipinski definition) is 4. The second-order valence-corrected chi connectivity index (χ2v) is 4.61. The number of phenols is 1. The predicted octanol–water partition coefficient (Wildman–Crippen LogP) is 2.28. The number of hydrogen-bond donors (Lipinski definition) is 2. The molecule has 0 radical (unpaired) electrons. The quantitative estimate of drug-likeness (QED) is 0.829. The van der Waals surface area contributed by atoms with Crippen LogP contribution in [0.1, 0.15) is 17.7 Å². The third kappa shape index (κ3) is 3.34. The van der Waals surface area contributed by atoms with E-state index in [-0.39, 0.29) is 16.8 Å². The molecule has 0 bridgehead atoms. The fourth-order valence-electron chi connectivity index (χ4n) is 1.24. The average Bonchev–Trinajstić information content (AvgIpc) is 2.26. The van der Waals surface area contributed by atoms with Crippen molar-refractivity contribution in [1.82, 2.24) is 0 Å². The highest BCUT2D eigenvalue weighted by Gasteiger charge is 2.11. The smallest absolute Gasteiger partial charge is 0.313 e. The molecule has 0 amide bonds. The number of ether oxygens (including phenoxy) is 1. The molecule has 0 spiro atoms. The van der Waals surface area contributed by atoms with Crippen molar-refractivity contribution in [2.45, 2.75) is 12.2 Å². The first kappa shape index (κ1) is 12.7. The number of benzene rings is 1. The monoisotopic (exact) mass is 242 g/mol. The Balaban J connectivity index is 2.75. The van der Waals surface area contributed by atoms with E-state index in [9.17, 15) is 9.90 Å². The van der Waals surface area contributed by atoms with Gasteiger partial charge in [0.1, 0.15) is 0 Å². The highest BCUT2D eigenvalue weighted by Crippen LogP contribution is 2.34. The first-order chi connectivity index (χ1) is 7.54. The van der Waals surface area contributed by atoms with Gasteiger partial charge in [0.25, 0.3) is 0 Å². The summed E-state index contributed by atoms with van der Waals surface area (Å²) in [4.78, 5) is 10.4. The van der Waals surface area contributed by atoms with Gasteiger partial charge in [0.15, 0.2) is 11.5 Å². The lowest BCUT2D eigenvalue weighted by Crippen LogP contribution is -2.00. The molecule has 0 aromatic heterocycles. The van der Waals surface area contributed by atoms with E-state index in [0.717, 1.165) is 5.56 Å². The number of methoxy groups -OCH3 is 1. The molecule has 1 unspecified atom stereocenters. The number of thioether (sulfide) groups is 1. The lowest BCUT2D eigenvalue weighted by atomic mass is 10.1. The zero-order valence-corrected chi connectivity index (χ0v) is 9.95. The third-order valence-electron chi connectivity index (χ3n) is 2.13. The second kappa shape index (κ2) is 5.65. The predicted molar refractivity (Wildman–Crippen MR) is 63.2 cm³/mol. The third-order valence-corrected chi connectivity index (χ3v) is 3.32. The maximum Gasteiger partial charge on any atom is 0.313 e. The minimum Gasteiger partial charge on any atom is -0.504 e. The SMILES string of the molecule is COc1cc(C(C)SCC(=O)O)ccc1O. The second-order valence-electron chi connectivity index (χ2n) is 3.28. The van der Waals surface area contributed by atoms with Crippen LogP contribution in [-0.2, 0) is 4.79 Å². The summed E-state index contributed by atoms with van der Waals surface area (Å²) < 4.78 is 4.99. The Bertz CT molecular complexity index is 378. The Labute approximate surface area is 98.2 Å². The standard InChI is InChI=1S/C11H14O4S/c1-7(16-6-11(13)14)8-3-4-9(12)10(5-8)15-2/h3-5,7,12H,6H2,1-2H3,(H,13,14). The van der Waals surface area contributed by atoms with Crippen LogP contribution in [-0.4, -0.2) is 29.0 Å². The molecule has 0 aliphatic heterocycles. The minimum atomic E-state index is -0.831. The number of aromatic hydroxyl groups is 1.